The molecule has 2 aliphatic rings. The summed E-state index contributed by atoms with van der Waals surface area (Å²) in [7, 11) is 1.59. The fraction of sp³-hybridized carbons (Fsp3) is 0.367. The Bertz CT molecular complexity index is 1210. The number of amides is 3. The van der Waals surface area contributed by atoms with E-state index in [2.05, 4.69) is 16.8 Å². The summed E-state index contributed by atoms with van der Waals surface area (Å²) < 4.78 is 10.7. The van der Waals surface area contributed by atoms with Crippen LogP contribution in [0, 0.1) is 0 Å². The molecule has 0 bridgehead atoms. The third kappa shape index (κ3) is 6.49. The van der Waals surface area contributed by atoms with Crippen LogP contribution in [-0.4, -0.2) is 85.6 Å². The van der Waals surface area contributed by atoms with E-state index in [9.17, 15) is 14.4 Å². The van der Waals surface area contributed by atoms with Crippen LogP contribution in [0.5, 0.6) is 5.75 Å². The molecular formula is C30H36N4O5. The monoisotopic (exact) mass is 532 g/mol. The molecule has 2 heterocycles. The topological polar surface area (TPSA) is 91.4 Å². The average Bonchev–Trinajstić information content (AvgIpc) is 3.20. The Morgan fingerprint density at radius 3 is 2.46 bits per heavy atom. The first-order chi connectivity index (χ1) is 19.0. The highest BCUT2D eigenvalue weighted by atomic mass is 16.5. The van der Waals surface area contributed by atoms with E-state index in [4.69, 9.17) is 9.47 Å². The van der Waals surface area contributed by atoms with Gasteiger partial charge in [-0.3, -0.25) is 14.6 Å². The molecule has 3 amide bonds. The lowest BCUT2D eigenvalue weighted by molar-refractivity contribution is -0.139. The number of methoxy groups -OCH3 is 1. The number of benzene rings is 2. The Hall–Kier alpha value is -4.11. The maximum absolute atomic E-state index is 13.3. The van der Waals surface area contributed by atoms with Gasteiger partial charge in [-0.25, -0.2) is 9.59 Å². The van der Waals surface area contributed by atoms with Gasteiger partial charge in [0.15, 0.2) is 0 Å². The van der Waals surface area contributed by atoms with Crippen molar-refractivity contribution in [3.05, 3.63) is 89.6 Å². The van der Waals surface area contributed by atoms with Crippen molar-refractivity contribution in [1.82, 2.24) is 20.0 Å². The molecule has 1 fully saturated rings. The van der Waals surface area contributed by atoms with Gasteiger partial charge in [-0.05, 0) is 43.2 Å². The molecule has 1 atom stereocenters. The molecule has 0 aromatic heterocycles. The fourth-order valence-electron chi connectivity index (χ4n) is 5.00. The number of hydrogen-bond acceptors (Lipinski definition) is 6. The normalized spacial score (nSPS) is 18.3. The van der Waals surface area contributed by atoms with Gasteiger partial charge in [-0.2, -0.15) is 0 Å². The van der Waals surface area contributed by atoms with Crippen molar-refractivity contribution < 1.29 is 23.9 Å². The number of hydrogen-bond donors (Lipinski definition) is 1. The van der Waals surface area contributed by atoms with Crippen molar-refractivity contribution >= 4 is 17.9 Å². The number of nitrogens with one attached hydrogen (secondary N) is 1. The SMILES string of the molecule is C=CCN1C(=O)NC(c2ccccc2)C(C(=O)OCC)=C1CN1CCCN(C(=O)c2ccc(OC)cc2)CC1. The van der Waals surface area contributed by atoms with Crippen molar-refractivity contribution in [2.75, 3.05) is 53.0 Å². The predicted octanol–water partition coefficient (Wildman–Crippen LogP) is 3.61. The molecule has 0 saturated carbocycles. The Labute approximate surface area is 229 Å². The van der Waals surface area contributed by atoms with Gasteiger partial charge in [0, 0.05) is 50.5 Å². The van der Waals surface area contributed by atoms with E-state index in [1.165, 1.54) is 0 Å². The molecule has 1 N–H and O–H groups in total. The summed E-state index contributed by atoms with van der Waals surface area (Å²) in [5.41, 5.74) is 2.43. The lowest BCUT2D eigenvalue weighted by Gasteiger charge is -2.38. The Balaban J connectivity index is 1.60. The summed E-state index contributed by atoms with van der Waals surface area (Å²) in [4.78, 5) is 45.4. The van der Waals surface area contributed by atoms with Crippen LogP contribution >= 0.6 is 0 Å². The highest BCUT2D eigenvalue weighted by molar-refractivity contribution is 5.95. The largest absolute Gasteiger partial charge is 0.497 e. The Kier molecular flexibility index (Phi) is 9.38. The van der Waals surface area contributed by atoms with Crippen LogP contribution < -0.4 is 10.1 Å². The summed E-state index contributed by atoms with van der Waals surface area (Å²) >= 11 is 0. The van der Waals surface area contributed by atoms with Gasteiger partial charge in [-0.15, -0.1) is 6.58 Å². The molecule has 9 heteroatoms. The molecule has 0 radical (unpaired) electrons. The molecule has 2 aliphatic heterocycles. The van der Waals surface area contributed by atoms with Crippen molar-refractivity contribution in [3.63, 3.8) is 0 Å². The maximum atomic E-state index is 13.3. The molecule has 1 saturated heterocycles. The van der Waals surface area contributed by atoms with Gasteiger partial charge >= 0.3 is 12.0 Å². The third-order valence-electron chi connectivity index (χ3n) is 6.96. The number of nitrogens with zero attached hydrogens (tertiary/aromatic N) is 3. The second-order valence-corrected chi connectivity index (χ2v) is 9.42. The maximum Gasteiger partial charge on any atom is 0.338 e. The number of esters is 1. The van der Waals surface area contributed by atoms with Gasteiger partial charge in [0.2, 0.25) is 0 Å². The molecule has 9 nitrogen and oxygen atoms in total. The highest BCUT2D eigenvalue weighted by Gasteiger charge is 2.38. The van der Waals surface area contributed by atoms with Gasteiger partial charge in [0.05, 0.1) is 25.3 Å². The van der Waals surface area contributed by atoms with Crippen LogP contribution in [0.3, 0.4) is 0 Å². The molecule has 0 aliphatic carbocycles. The van der Waals surface area contributed by atoms with Gasteiger partial charge in [0.25, 0.3) is 5.91 Å². The van der Waals surface area contributed by atoms with Crippen LogP contribution in [0.15, 0.2) is 78.5 Å². The number of ether oxygens (including phenoxy) is 2. The van der Waals surface area contributed by atoms with E-state index < -0.39 is 12.0 Å². The zero-order valence-electron chi connectivity index (χ0n) is 22.6. The first-order valence-corrected chi connectivity index (χ1v) is 13.3. The second-order valence-electron chi connectivity index (χ2n) is 9.42. The van der Waals surface area contributed by atoms with Crippen molar-refractivity contribution in [2.45, 2.75) is 19.4 Å². The quantitative estimate of drug-likeness (QED) is 0.392. The highest BCUT2D eigenvalue weighted by Crippen LogP contribution is 2.32. The average molecular weight is 533 g/mol. The van der Waals surface area contributed by atoms with Crippen LogP contribution in [0.2, 0.25) is 0 Å². The third-order valence-corrected chi connectivity index (χ3v) is 6.96. The molecule has 1 unspecified atom stereocenters. The lowest BCUT2D eigenvalue weighted by atomic mass is 9.94. The molecule has 206 valence electrons. The van der Waals surface area contributed by atoms with E-state index in [1.807, 2.05) is 35.2 Å². The number of carbonyl (C=O) groups is 3. The molecule has 2 aromatic rings. The fourth-order valence-corrected chi connectivity index (χ4v) is 5.00. The number of rotatable bonds is 9. The van der Waals surface area contributed by atoms with Crippen LogP contribution in [-0.2, 0) is 9.53 Å². The molecular weight excluding hydrogens is 496 g/mol. The van der Waals surface area contributed by atoms with E-state index in [1.54, 1.807) is 49.3 Å². The summed E-state index contributed by atoms with van der Waals surface area (Å²) in [6, 6.07) is 15.6. The van der Waals surface area contributed by atoms with E-state index in [0.717, 1.165) is 12.0 Å². The molecule has 39 heavy (non-hydrogen) atoms. The summed E-state index contributed by atoms with van der Waals surface area (Å²) in [6.07, 6.45) is 2.41. The van der Waals surface area contributed by atoms with Crippen LogP contribution in [0.1, 0.15) is 35.3 Å². The van der Waals surface area contributed by atoms with Gasteiger partial charge in [0.1, 0.15) is 5.75 Å². The summed E-state index contributed by atoms with van der Waals surface area (Å²) in [5.74, 6) is 0.218. The minimum Gasteiger partial charge on any atom is -0.497 e. The van der Waals surface area contributed by atoms with Gasteiger partial charge < -0.3 is 19.7 Å². The minimum atomic E-state index is -0.631. The molecule has 0 spiro atoms. The van der Waals surface area contributed by atoms with Crippen molar-refractivity contribution in [1.29, 1.82) is 0 Å². The van der Waals surface area contributed by atoms with Gasteiger partial charge in [-0.1, -0.05) is 36.4 Å². The second kappa shape index (κ2) is 13.1. The van der Waals surface area contributed by atoms with E-state index >= 15 is 0 Å². The van der Waals surface area contributed by atoms with Crippen molar-refractivity contribution in [2.24, 2.45) is 0 Å². The lowest BCUT2D eigenvalue weighted by Crippen LogP contribution is -2.51. The predicted molar refractivity (Wildman–Crippen MR) is 148 cm³/mol. The van der Waals surface area contributed by atoms with Crippen molar-refractivity contribution in [3.8, 4) is 5.75 Å². The zero-order valence-corrected chi connectivity index (χ0v) is 22.6. The Morgan fingerprint density at radius 2 is 1.79 bits per heavy atom. The van der Waals surface area contributed by atoms with Crippen LogP contribution in [0.25, 0.3) is 0 Å². The number of urea groups is 1. The smallest absolute Gasteiger partial charge is 0.338 e. The summed E-state index contributed by atoms with van der Waals surface area (Å²) in [5, 5.41) is 2.99. The number of carbonyl (C=O) groups excluding carboxylic acids is 3. The minimum absolute atomic E-state index is 0.0274. The van der Waals surface area contributed by atoms with Crippen LogP contribution in [0.4, 0.5) is 4.79 Å². The first-order valence-electron chi connectivity index (χ1n) is 13.3. The van der Waals surface area contributed by atoms with E-state index in [-0.39, 0.29) is 25.1 Å². The van der Waals surface area contributed by atoms with E-state index in [0.29, 0.717) is 55.3 Å². The molecule has 2 aromatic carbocycles. The summed E-state index contributed by atoms with van der Waals surface area (Å²) in [6.45, 7) is 8.88. The first kappa shape index (κ1) is 27.9. The zero-order chi connectivity index (χ0) is 27.8. The Morgan fingerprint density at radius 1 is 1.05 bits per heavy atom. The standard InChI is InChI=1S/C30H36N4O5/c1-4-16-34-25(26(29(36)39-5-2)27(31-30(34)37)22-10-7-6-8-11-22)21-32-17-9-18-33(20-19-32)28(35)23-12-14-24(38-3)15-13-23/h4,6-8,10-15,27H,1,5,9,16-21H2,2-3H3,(H,31,37). The molecule has 4 rings (SSSR count).